The Bertz CT molecular complexity index is 1740. The van der Waals surface area contributed by atoms with Crippen LogP contribution in [0.3, 0.4) is 0 Å². The first-order valence-corrected chi connectivity index (χ1v) is 13.2. The van der Waals surface area contributed by atoms with E-state index in [0.29, 0.717) is 41.3 Å². The smallest absolute Gasteiger partial charge is 0.416 e. The second-order valence-corrected chi connectivity index (χ2v) is 10.2. The molecule has 1 saturated heterocycles. The average molecular weight is 564 g/mol. The molecule has 0 aliphatic carbocycles. The third-order valence-electron chi connectivity index (χ3n) is 7.38. The van der Waals surface area contributed by atoms with Gasteiger partial charge in [-0.3, -0.25) is 4.90 Å². The van der Waals surface area contributed by atoms with E-state index in [1.165, 1.54) is 12.1 Å². The Labute approximate surface area is 233 Å². The summed E-state index contributed by atoms with van der Waals surface area (Å²) in [5.41, 5.74) is 3.24. The molecule has 41 heavy (non-hydrogen) atoms. The summed E-state index contributed by atoms with van der Waals surface area (Å²) in [4.78, 5) is 21.6. The van der Waals surface area contributed by atoms with Crippen LogP contribution in [0.2, 0.25) is 0 Å². The summed E-state index contributed by atoms with van der Waals surface area (Å²) in [7, 11) is 2.00. The number of urea groups is 1. The van der Waals surface area contributed by atoms with Crippen LogP contribution in [-0.2, 0) is 12.7 Å². The van der Waals surface area contributed by atoms with Crippen molar-refractivity contribution < 1.29 is 22.4 Å². The topological polar surface area (TPSA) is 90.9 Å². The molecule has 2 N–H and O–H groups in total. The fraction of sp³-hybridized carbons (Fsp3) is 0.276. The fourth-order valence-electron chi connectivity index (χ4n) is 5.06. The number of hydrogen-bond donors (Lipinski definition) is 2. The number of hydrogen-bond acceptors (Lipinski definition) is 6. The molecule has 3 aromatic heterocycles. The Kier molecular flexibility index (Phi) is 6.88. The molecule has 2 aromatic carbocycles. The number of nitrogens with one attached hydrogen (secondary N) is 2. The van der Waals surface area contributed by atoms with Crippen LogP contribution in [0.4, 0.5) is 29.3 Å². The average Bonchev–Trinajstić information content (AvgIpc) is 3.57. The number of fused-ring (bicyclic) bond motifs is 2. The highest BCUT2D eigenvalue weighted by molar-refractivity contribution is 6.02. The van der Waals surface area contributed by atoms with E-state index in [9.17, 15) is 18.0 Å². The quantitative estimate of drug-likeness (QED) is 0.278. The third kappa shape index (κ3) is 5.48. The molecule has 0 unspecified atom stereocenters. The number of aryl methyl sites for hydroxylation is 1. The summed E-state index contributed by atoms with van der Waals surface area (Å²) in [5.74, 6) is 0.391. The predicted octanol–water partition coefficient (Wildman–Crippen LogP) is 5.86. The van der Waals surface area contributed by atoms with Gasteiger partial charge < -0.3 is 20.0 Å². The molecule has 0 spiro atoms. The standard InChI is InChI=1S/C29H28F3N7O2/c1-18-23(8-9-25-26(18)36-27(41-25)21-16-33-39-10-4-3-5-24(21)39)35-28(40)34-20-7-6-19(22(15-20)29(30,31)32)17-38-13-11-37(2)12-14-38/h3-10,15-16H,11-14,17H2,1-2H3,(H2,34,35,40). The van der Waals surface area contributed by atoms with Gasteiger partial charge in [0.05, 0.1) is 22.8 Å². The Morgan fingerprint density at radius 2 is 1.85 bits per heavy atom. The number of alkyl halides is 3. The normalized spacial score (nSPS) is 15.0. The second-order valence-electron chi connectivity index (χ2n) is 10.2. The number of pyridine rings is 1. The van der Waals surface area contributed by atoms with Crippen LogP contribution in [0, 0.1) is 6.92 Å². The van der Waals surface area contributed by atoms with Gasteiger partial charge in [0.25, 0.3) is 0 Å². The summed E-state index contributed by atoms with van der Waals surface area (Å²) < 4.78 is 49.5. The fourth-order valence-corrected chi connectivity index (χ4v) is 5.06. The number of rotatable bonds is 5. The highest BCUT2D eigenvalue weighted by Gasteiger charge is 2.34. The van der Waals surface area contributed by atoms with Crippen molar-refractivity contribution in [2.45, 2.75) is 19.6 Å². The van der Waals surface area contributed by atoms with Crippen molar-refractivity contribution in [3.63, 3.8) is 0 Å². The van der Waals surface area contributed by atoms with Crippen molar-refractivity contribution in [2.75, 3.05) is 43.9 Å². The molecule has 6 rings (SSSR count). The van der Waals surface area contributed by atoms with E-state index in [2.05, 4.69) is 25.6 Å². The monoisotopic (exact) mass is 563 g/mol. The minimum Gasteiger partial charge on any atom is -0.436 e. The van der Waals surface area contributed by atoms with E-state index in [4.69, 9.17) is 4.42 Å². The zero-order chi connectivity index (χ0) is 28.7. The number of anilines is 2. The number of piperazine rings is 1. The SMILES string of the molecule is Cc1c(NC(=O)Nc2ccc(CN3CCN(C)CC3)c(C(F)(F)F)c2)ccc2oc(-c3cnn4ccccc34)nc12. The van der Waals surface area contributed by atoms with E-state index >= 15 is 0 Å². The van der Waals surface area contributed by atoms with E-state index in [1.807, 2.05) is 36.3 Å². The Morgan fingerprint density at radius 1 is 1.05 bits per heavy atom. The Hall–Kier alpha value is -4.42. The van der Waals surface area contributed by atoms with Crippen LogP contribution in [0.1, 0.15) is 16.7 Å². The first-order valence-electron chi connectivity index (χ1n) is 13.2. The zero-order valence-corrected chi connectivity index (χ0v) is 22.5. The van der Waals surface area contributed by atoms with Crippen LogP contribution >= 0.6 is 0 Å². The Morgan fingerprint density at radius 3 is 2.63 bits per heavy atom. The van der Waals surface area contributed by atoms with E-state index < -0.39 is 17.8 Å². The molecule has 0 saturated carbocycles. The number of likely N-dealkylation sites (N-methyl/N-ethyl adjacent to an activating group) is 1. The molecule has 1 aliphatic heterocycles. The molecule has 212 valence electrons. The van der Waals surface area contributed by atoms with Gasteiger partial charge in [-0.15, -0.1) is 0 Å². The van der Waals surface area contributed by atoms with Gasteiger partial charge in [-0.05, 0) is 55.9 Å². The molecule has 0 bridgehead atoms. The van der Waals surface area contributed by atoms with Crippen LogP contribution in [0.5, 0.6) is 0 Å². The van der Waals surface area contributed by atoms with Gasteiger partial charge in [0.1, 0.15) is 5.52 Å². The van der Waals surface area contributed by atoms with Crippen LogP contribution < -0.4 is 10.6 Å². The summed E-state index contributed by atoms with van der Waals surface area (Å²) in [6.07, 6.45) is -1.05. The summed E-state index contributed by atoms with van der Waals surface area (Å²) in [5, 5.41) is 9.58. The molecule has 2 amide bonds. The van der Waals surface area contributed by atoms with Gasteiger partial charge in [0.2, 0.25) is 5.89 Å². The molecule has 5 aromatic rings. The Balaban J connectivity index is 1.19. The van der Waals surface area contributed by atoms with E-state index in [0.717, 1.165) is 30.2 Å². The maximum atomic E-state index is 13.9. The summed E-state index contributed by atoms with van der Waals surface area (Å²) >= 11 is 0. The molecular formula is C29H28F3N7O2. The van der Waals surface area contributed by atoms with Crippen molar-refractivity contribution in [1.82, 2.24) is 24.4 Å². The van der Waals surface area contributed by atoms with Gasteiger partial charge in [0.15, 0.2) is 5.58 Å². The largest absolute Gasteiger partial charge is 0.436 e. The number of amides is 2. The number of halogens is 3. The molecule has 0 atom stereocenters. The number of nitrogens with zero attached hydrogens (tertiary/aromatic N) is 5. The van der Waals surface area contributed by atoms with Crippen molar-refractivity contribution in [2.24, 2.45) is 0 Å². The number of oxazole rings is 1. The van der Waals surface area contributed by atoms with Crippen molar-refractivity contribution in [1.29, 1.82) is 0 Å². The third-order valence-corrected chi connectivity index (χ3v) is 7.38. The number of carbonyl (C=O) groups excluding carboxylic acids is 1. The van der Waals surface area contributed by atoms with Crippen molar-refractivity contribution in [3.05, 3.63) is 77.6 Å². The van der Waals surface area contributed by atoms with Crippen molar-refractivity contribution in [3.8, 4) is 11.5 Å². The maximum absolute atomic E-state index is 13.9. The number of carbonyl (C=O) groups is 1. The van der Waals surface area contributed by atoms with E-state index in [1.54, 1.807) is 29.8 Å². The maximum Gasteiger partial charge on any atom is 0.416 e. The molecular weight excluding hydrogens is 535 g/mol. The van der Waals surface area contributed by atoms with Gasteiger partial charge in [-0.25, -0.2) is 14.3 Å². The van der Waals surface area contributed by atoms with Crippen LogP contribution in [-0.4, -0.2) is 63.7 Å². The van der Waals surface area contributed by atoms with Crippen molar-refractivity contribution >= 4 is 34.0 Å². The van der Waals surface area contributed by atoms with Crippen LogP contribution in [0.25, 0.3) is 28.1 Å². The predicted molar refractivity (Wildman–Crippen MR) is 150 cm³/mol. The highest BCUT2D eigenvalue weighted by atomic mass is 19.4. The molecule has 9 nitrogen and oxygen atoms in total. The molecule has 1 aliphatic rings. The first kappa shape index (κ1) is 26.8. The lowest BCUT2D eigenvalue weighted by Gasteiger charge is -2.33. The molecule has 1 fully saturated rings. The van der Waals surface area contributed by atoms with E-state index in [-0.39, 0.29) is 17.8 Å². The lowest BCUT2D eigenvalue weighted by Crippen LogP contribution is -2.44. The highest BCUT2D eigenvalue weighted by Crippen LogP contribution is 2.35. The van der Waals surface area contributed by atoms with Gasteiger partial charge >= 0.3 is 12.2 Å². The van der Waals surface area contributed by atoms with Crippen LogP contribution in [0.15, 0.2) is 65.3 Å². The summed E-state index contributed by atoms with van der Waals surface area (Å²) in [6.45, 7) is 5.00. The minimum absolute atomic E-state index is 0.0486. The molecule has 4 heterocycles. The molecule has 12 heteroatoms. The lowest BCUT2D eigenvalue weighted by molar-refractivity contribution is -0.138. The minimum atomic E-state index is -4.55. The second kappa shape index (κ2) is 10.5. The zero-order valence-electron chi connectivity index (χ0n) is 22.5. The first-order chi connectivity index (χ1) is 19.7. The van der Waals surface area contributed by atoms with Gasteiger partial charge in [-0.1, -0.05) is 12.1 Å². The number of aromatic nitrogens is 3. The molecule has 0 radical (unpaired) electrons. The lowest BCUT2D eigenvalue weighted by atomic mass is 10.0. The number of benzene rings is 2. The summed E-state index contributed by atoms with van der Waals surface area (Å²) in [6, 6.07) is 12.3. The van der Waals surface area contributed by atoms with Gasteiger partial charge in [0, 0.05) is 55.9 Å². The van der Waals surface area contributed by atoms with Gasteiger partial charge in [-0.2, -0.15) is 18.3 Å².